The van der Waals surface area contributed by atoms with Crippen LogP contribution in [0.25, 0.3) is 0 Å². The SMILES string of the molecule is CCOC(=O)NS(=O)(=O)Nc1n[nH]c(C)n1. The predicted molar refractivity (Wildman–Crippen MR) is 53.8 cm³/mol. The Kier molecular flexibility index (Phi) is 3.66. The lowest BCUT2D eigenvalue weighted by Gasteiger charge is -2.05. The minimum atomic E-state index is -4.06. The summed E-state index contributed by atoms with van der Waals surface area (Å²) in [5.74, 6) is 0.281. The Morgan fingerprint density at radius 1 is 1.56 bits per heavy atom. The number of H-pyrrole nitrogens is 1. The van der Waals surface area contributed by atoms with E-state index < -0.39 is 16.3 Å². The monoisotopic (exact) mass is 249 g/mol. The largest absolute Gasteiger partial charge is 0.449 e. The van der Waals surface area contributed by atoms with Gasteiger partial charge >= 0.3 is 16.3 Å². The fourth-order valence-electron chi connectivity index (χ4n) is 0.804. The van der Waals surface area contributed by atoms with E-state index in [2.05, 4.69) is 19.9 Å². The number of amides is 1. The molecule has 1 amide bonds. The van der Waals surface area contributed by atoms with Gasteiger partial charge in [-0.15, -0.1) is 5.10 Å². The Labute approximate surface area is 91.8 Å². The molecule has 90 valence electrons. The van der Waals surface area contributed by atoms with Crippen molar-refractivity contribution in [1.82, 2.24) is 19.9 Å². The molecule has 0 atom stereocenters. The quantitative estimate of drug-likeness (QED) is 0.661. The van der Waals surface area contributed by atoms with Crippen molar-refractivity contribution in [2.75, 3.05) is 11.3 Å². The second-order valence-electron chi connectivity index (χ2n) is 2.67. The summed E-state index contributed by atoms with van der Waals surface area (Å²) in [6.45, 7) is 3.23. The molecule has 9 nitrogen and oxygen atoms in total. The lowest BCUT2D eigenvalue weighted by atomic mass is 10.8. The first kappa shape index (κ1) is 12.2. The number of aryl methyl sites for hydroxylation is 1. The van der Waals surface area contributed by atoms with Crippen LogP contribution < -0.4 is 9.44 Å². The molecule has 0 aromatic carbocycles. The standard InChI is InChI=1S/C6H11N5O4S/c1-3-15-6(12)11-16(13,14)10-5-7-4(2)8-9-5/h3H2,1-2H3,(H,11,12)(H2,7,8,9,10). The molecule has 16 heavy (non-hydrogen) atoms. The van der Waals surface area contributed by atoms with Crippen LogP contribution in [0.15, 0.2) is 0 Å². The first-order valence-electron chi connectivity index (χ1n) is 4.29. The summed E-state index contributed by atoms with van der Waals surface area (Å²) in [5, 5.41) is 5.97. The van der Waals surface area contributed by atoms with E-state index in [1.165, 1.54) is 0 Å². The fourth-order valence-corrected chi connectivity index (χ4v) is 1.47. The topological polar surface area (TPSA) is 126 Å². The summed E-state index contributed by atoms with van der Waals surface area (Å²) < 4.78 is 30.5. The van der Waals surface area contributed by atoms with Crippen LogP contribution in [-0.2, 0) is 14.9 Å². The van der Waals surface area contributed by atoms with Crippen molar-refractivity contribution in [2.45, 2.75) is 13.8 Å². The number of nitrogens with zero attached hydrogens (tertiary/aromatic N) is 2. The van der Waals surface area contributed by atoms with Gasteiger partial charge in [-0.2, -0.15) is 13.4 Å². The van der Waals surface area contributed by atoms with Gasteiger partial charge in [0.15, 0.2) is 0 Å². The average Bonchev–Trinajstić information content (AvgIpc) is 2.49. The van der Waals surface area contributed by atoms with Gasteiger partial charge in [-0.1, -0.05) is 0 Å². The van der Waals surface area contributed by atoms with Gasteiger partial charge in [-0.25, -0.2) is 14.2 Å². The van der Waals surface area contributed by atoms with Crippen LogP contribution in [0.5, 0.6) is 0 Å². The molecule has 1 rings (SSSR count). The maximum Gasteiger partial charge on any atom is 0.422 e. The molecule has 10 heteroatoms. The molecule has 0 bridgehead atoms. The Morgan fingerprint density at radius 2 is 2.25 bits per heavy atom. The highest BCUT2D eigenvalue weighted by molar-refractivity contribution is 7.91. The van der Waals surface area contributed by atoms with Crippen molar-refractivity contribution in [3.05, 3.63) is 5.82 Å². The first-order valence-corrected chi connectivity index (χ1v) is 5.77. The highest BCUT2D eigenvalue weighted by Gasteiger charge is 2.16. The molecule has 0 saturated carbocycles. The van der Waals surface area contributed by atoms with E-state index in [1.54, 1.807) is 18.6 Å². The third-order valence-corrected chi connectivity index (χ3v) is 2.20. The number of aromatic amines is 1. The number of nitrogens with one attached hydrogen (secondary N) is 3. The lowest BCUT2D eigenvalue weighted by molar-refractivity contribution is 0.159. The van der Waals surface area contributed by atoms with Crippen LogP contribution in [0.1, 0.15) is 12.7 Å². The van der Waals surface area contributed by atoms with Crippen LogP contribution >= 0.6 is 0 Å². The molecule has 0 saturated heterocycles. The van der Waals surface area contributed by atoms with Crippen LogP contribution in [-0.4, -0.2) is 36.3 Å². The van der Waals surface area contributed by atoms with Gasteiger partial charge < -0.3 is 4.74 Å². The molecular weight excluding hydrogens is 238 g/mol. The van der Waals surface area contributed by atoms with Crippen molar-refractivity contribution in [2.24, 2.45) is 0 Å². The highest BCUT2D eigenvalue weighted by Crippen LogP contribution is 1.99. The van der Waals surface area contributed by atoms with Crippen molar-refractivity contribution in [3.8, 4) is 0 Å². The highest BCUT2D eigenvalue weighted by atomic mass is 32.2. The number of carbonyl (C=O) groups is 1. The number of ether oxygens (including phenoxy) is 1. The fraction of sp³-hybridized carbons (Fsp3) is 0.500. The zero-order valence-electron chi connectivity index (χ0n) is 8.64. The molecule has 3 N–H and O–H groups in total. The number of anilines is 1. The Morgan fingerprint density at radius 3 is 2.75 bits per heavy atom. The predicted octanol–water partition coefficient (Wildman–Crippen LogP) is -0.484. The molecular formula is C6H11N5O4S. The number of rotatable bonds is 4. The van der Waals surface area contributed by atoms with Crippen LogP contribution in [0, 0.1) is 6.92 Å². The maximum atomic E-state index is 11.3. The lowest BCUT2D eigenvalue weighted by Crippen LogP contribution is -2.36. The number of carbonyl (C=O) groups excluding carboxylic acids is 1. The van der Waals surface area contributed by atoms with Crippen LogP contribution in [0.4, 0.5) is 10.7 Å². The Balaban J connectivity index is 2.62. The molecule has 1 aromatic rings. The number of hydrogen-bond donors (Lipinski definition) is 3. The molecule has 0 spiro atoms. The smallest absolute Gasteiger partial charge is 0.422 e. The molecule has 0 unspecified atom stereocenters. The van der Waals surface area contributed by atoms with Gasteiger partial charge in [0.05, 0.1) is 6.61 Å². The van der Waals surface area contributed by atoms with E-state index in [9.17, 15) is 13.2 Å². The normalized spacial score (nSPS) is 10.9. The van der Waals surface area contributed by atoms with Crippen LogP contribution in [0.2, 0.25) is 0 Å². The summed E-state index contributed by atoms with van der Waals surface area (Å²) in [6, 6.07) is 0. The van der Waals surface area contributed by atoms with E-state index in [-0.39, 0.29) is 12.6 Å². The molecule has 0 aliphatic rings. The molecule has 1 aromatic heterocycles. The Hall–Kier alpha value is -1.84. The van der Waals surface area contributed by atoms with Crippen LogP contribution in [0.3, 0.4) is 0 Å². The second-order valence-corrected chi connectivity index (χ2v) is 4.09. The Bertz CT molecular complexity index is 467. The molecule has 0 aliphatic carbocycles. The first-order chi connectivity index (χ1) is 7.43. The number of aromatic nitrogens is 3. The average molecular weight is 249 g/mol. The van der Waals surface area contributed by atoms with E-state index in [0.717, 1.165) is 0 Å². The van der Waals surface area contributed by atoms with Gasteiger partial charge in [-0.3, -0.25) is 5.10 Å². The summed E-state index contributed by atoms with van der Waals surface area (Å²) in [5.41, 5.74) is 0. The second kappa shape index (κ2) is 4.79. The van der Waals surface area contributed by atoms with E-state index >= 15 is 0 Å². The molecule has 1 heterocycles. The van der Waals surface area contributed by atoms with Crippen molar-refractivity contribution in [1.29, 1.82) is 0 Å². The molecule has 0 aliphatic heterocycles. The summed E-state index contributed by atoms with van der Waals surface area (Å²) in [4.78, 5) is 14.6. The minimum Gasteiger partial charge on any atom is -0.449 e. The van der Waals surface area contributed by atoms with Gasteiger partial charge in [-0.05, 0) is 13.8 Å². The third kappa shape index (κ3) is 3.73. The van der Waals surface area contributed by atoms with Gasteiger partial charge in [0.1, 0.15) is 5.82 Å². The van der Waals surface area contributed by atoms with Gasteiger partial charge in [0, 0.05) is 0 Å². The van der Waals surface area contributed by atoms with Crippen molar-refractivity contribution in [3.63, 3.8) is 0 Å². The molecule has 0 fully saturated rings. The van der Waals surface area contributed by atoms with E-state index in [0.29, 0.717) is 5.82 Å². The zero-order chi connectivity index (χ0) is 12.2. The van der Waals surface area contributed by atoms with E-state index in [4.69, 9.17) is 0 Å². The van der Waals surface area contributed by atoms with E-state index in [1.807, 2.05) is 4.72 Å². The van der Waals surface area contributed by atoms with Gasteiger partial charge in [0.25, 0.3) is 5.95 Å². The van der Waals surface area contributed by atoms with Crippen molar-refractivity contribution < 1.29 is 17.9 Å². The molecule has 0 radical (unpaired) electrons. The maximum absolute atomic E-state index is 11.3. The zero-order valence-corrected chi connectivity index (χ0v) is 9.46. The summed E-state index contributed by atoms with van der Waals surface area (Å²) >= 11 is 0. The van der Waals surface area contributed by atoms with Gasteiger partial charge in [0.2, 0.25) is 0 Å². The third-order valence-electron chi connectivity index (χ3n) is 1.32. The van der Waals surface area contributed by atoms with Crippen molar-refractivity contribution >= 4 is 22.3 Å². The number of hydrogen-bond acceptors (Lipinski definition) is 6. The summed E-state index contributed by atoms with van der Waals surface area (Å²) in [7, 11) is -4.06. The summed E-state index contributed by atoms with van der Waals surface area (Å²) in [6.07, 6.45) is -1.07. The minimum absolute atomic E-state index is 0.0706.